The van der Waals surface area contributed by atoms with Gasteiger partial charge in [0.25, 0.3) is 0 Å². The van der Waals surface area contributed by atoms with E-state index in [0.717, 1.165) is 0 Å². The van der Waals surface area contributed by atoms with E-state index in [1.165, 1.54) is 7.11 Å². The van der Waals surface area contributed by atoms with Crippen LogP contribution in [-0.4, -0.2) is 49.1 Å². The Morgan fingerprint density at radius 2 is 1.93 bits per heavy atom. The molecule has 2 N–H and O–H groups in total. The summed E-state index contributed by atoms with van der Waals surface area (Å²) in [5.41, 5.74) is 0. The summed E-state index contributed by atoms with van der Waals surface area (Å²) in [6, 6.07) is 8.14. The Labute approximate surface area is 171 Å². The fourth-order valence-corrected chi connectivity index (χ4v) is 4.45. The van der Waals surface area contributed by atoms with Crippen LogP contribution >= 0.6 is 6.64 Å². The van der Waals surface area contributed by atoms with Crippen molar-refractivity contribution >= 4 is 24.4 Å². The van der Waals surface area contributed by atoms with Gasteiger partial charge in [0.05, 0.1) is 12.7 Å². The third-order valence-corrected chi connectivity index (χ3v) is 5.88. The Kier molecular flexibility index (Phi) is 10.7. The SMILES string of the molecule is CC#C[C@H](O)[C@@H](COP(=S)(NC(C)C(=O)OC(C)C)Oc1ccccc1)OC. The van der Waals surface area contributed by atoms with E-state index in [2.05, 4.69) is 16.9 Å². The van der Waals surface area contributed by atoms with Gasteiger partial charge in [0.2, 0.25) is 0 Å². The van der Waals surface area contributed by atoms with Crippen molar-refractivity contribution in [2.24, 2.45) is 0 Å². The van der Waals surface area contributed by atoms with Crippen molar-refractivity contribution in [1.82, 2.24) is 5.09 Å². The summed E-state index contributed by atoms with van der Waals surface area (Å²) in [7, 11) is 1.44. The number of hydrogen-bond donors (Lipinski definition) is 2. The van der Waals surface area contributed by atoms with Crippen molar-refractivity contribution in [2.75, 3.05) is 13.7 Å². The number of esters is 1. The summed E-state index contributed by atoms with van der Waals surface area (Å²) in [5.74, 6) is 5.25. The van der Waals surface area contributed by atoms with Crippen LogP contribution in [0, 0.1) is 11.8 Å². The summed E-state index contributed by atoms with van der Waals surface area (Å²) < 4.78 is 22.1. The molecule has 0 fully saturated rings. The van der Waals surface area contributed by atoms with Gasteiger partial charge in [-0.2, -0.15) is 0 Å². The molecule has 0 aliphatic rings. The molecule has 1 aromatic rings. The number of aliphatic hydroxyl groups is 1. The maximum atomic E-state index is 12.2. The van der Waals surface area contributed by atoms with Gasteiger partial charge < -0.3 is 23.6 Å². The van der Waals surface area contributed by atoms with E-state index >= 15 is 0 Å². The Morgan fingerprint density at radius 1 is 1.29 bits per heavy atom. The van der Waals surface area contributed by atoms with Gasteiger partial charge in [-0.05, 0) is 51.6 Å². The minimum atomic E-state index is -3.18. The Morgan fingerprint density at radius 3 is 2.46 bits per heavy atom. The second kappa shape index (κ2) is 12.2. The third kappa shape index (κ3) is 8.70. The predicted octanol–water partition coefficient (Wildman–Crippen LogP) is 2.64. The number of hydrogen-bond acceptors (Lipinski definition) is 7. The Hall–Kier alpha value is -1.46. The number of benzene rings is 1. The predicted molar refractivity (Wildman–Crippen MR) is 111 cm³/mol. The molecule has 0 aromatic heterocycles. The molecule has 2 unspecified atom stereocenters. The van der Waals surface area contributed by atoms with E-state index in [1.807, 2.05) is 6.07 Å². The Balaban J connectivity index is 2.95. The van der Waals surface area contributed by atoms with Crippen LogP contribution in [-0.2, 0) is 30.6 Å². The molecule has 1 aromatic carbocycles. The number of para-hydroxylation sites is 1. The molecule has 0 spiro atoms. The standard InChI is InChI=1S/C19H28NO6PS/c1-6-10-17(21)18(23-5)13-24-27(28,26-16-11-8-7-9-12-16)20-15(4)19(22)25-14(2)3/h7-9,11-12,14-15,17-18,21H,13H2,1-5H3,(H,20,28)/t15?,17-,18+,27?/m0/s1. The monoisotopic (exact) mass is 429 g/mol. The van der Waals surface area contributed by atoms with Gasteiger partial charge in [-0.15, -0.1) is 5.92 Å². The van der Waals surface area contributed by atoms with E-state index in [0.29, 0.717) is 5.75 Å². The first-order valence-electron chi connectivity index (χ1n) is 8.81. The number of carbonyl (C=O) groups excluding carboxylic acids is 1. The highest BCUT2D eigenvalue weighted by Crippen LogP contribution is 2.45. The van der Waals surface area contributed by atoms with Crippen molar-refractivity contribution in [3.8, 4) is 17.6 Å². The molecule has 7 nitrogen and oxygen atoms in total. The van der Waals surface area contributed by atoms with Gasteiger partial charge in [-0.25, -0.2) is 5.09 Å². The van der Waals surface area contributed by atoms with Crippen LogP contribution in [0.4, 0.5) is 0 Å². The normalized spacial score (nSPS) is 16.2. The van der Waals surface area contributed by atoms with E-state index in [-0.39, 0.29) is 12.7 Å². The molecule has 1 rings (SSSR count). The zero-order valence-corrected chi connectivity index (χ0v) is 18.5. The number of methoxy groups -OCH3 is 1. The van der Waals surface area contributed by atoms with Crippen molar-refractivity contribution in [2.45, 2.75) is 52.0 Å². The highest BCUT2D eigenvalue weighted by Gasteiger charge is 2.30. The molecule has 0 amide bonds. The first-order chi connectivity index (χ1) is 13.2. The smallest absolute Gasteiger partial charge is 0.323 e. The fraction of sp³-hybridized carbons (Fsp3) is 0.526. The molecule has 0 bridgehead atoms. The van der Waals surface area contributed by atoms with Crippen molar-refractivity contribution in [1.29, 1.82) is 0 Å². The molecule has 0 saturated carbocycles. The Bertz CT molecular complexity index is 718. The zero-order valence-electron chi connectivity index (χ0n) is 16.7. The summed E-state index contributed by atoms with van der Waals surface area (Å²) in [5, 5.41) is 13.0. The molecule has 28 heavy (non-hydrogen) atoms. The van der Waals surface area contributed by atoms with Crippen LogP contribution in [0.5, 0.6) is 5.75 Å². The lowest BCUT2D eigenvalue weighted by atomic mass is 10.2. The van der Waals surface area contributed by atoms with Crippen LogP contribution < -0.4 is 9.61 Å². The molecular weight excluding hydrogens is 401 g/mol. The first-order valence-corrected chi connectivity index (χ1v) is 11.4. The van der Waals surface area contributed by atoms with Crippen molar-refractivity contribution in [3.63, 3.8) is 0 Å². The summed E-state index contributed by atoms with van der Waals surface area (Å²) in [4.78, 5) is 12.2. The molecule has 9 heteroatoms. The maximum absolute atomic E-state index is 12.2. The fourth-order valence-electron chi connectivity index (χ4n) is 2.03. The molecular formula is C19H28NO6PS. The number of nitrogens with one attached hydrogen (secondary N) is 1. The summed E-state index contributed by atoms with van der Waals surface area (Å²) >= 11 is 5.58. The maximum Gasteiger partial charge on any atom is 0.323 e. The quantitative estimate of drug-likeness (QED) is 0.315. The molecule has 0 aliphatic heterocycles. The van der Waals surface area contributed by atoms with Crippen LogP contribution in [0.1, 0.15) is 27.7 Å². The molecule has 156 valence electrons. The third-order valence-electron chi connectivity index (χ3n) is 3.38. The highest BCUT2D eigenvalue weighted by molar-refractivity contribution is 8.09. The van der Waals surface area contributed by atoms with Gasteiger partial charge in [0.15, 0.2) is 0 Å². The molecule has 0 aliphatic carbocycles. The zero-order chi connectivity index (χ0) is 21.2. The lowest BCUT2D eigenvalue weighted by molar-refractivity contribution is -0.149. The van der Waals surface area contributed by atoms with Crippen LogP contribution in [0.25, 0.3) is 0 Å². The summed E-state index contributed by atoms with van der Waals surface area (Å²) in [6.07, 6.45) is -2.03. The molecule has 0 saturated heterocycles. The molecule has 0 heterocycles. The summed E-state index contributed by atoms with van der Waals surface area (Å²) in [6.45, 7) is 3.50. The van der Waals surface area contributed by atoms with Gasteiger partial charge in [0, 0.05) is 7.11 Å². The van der Waals surface area contributed by atoms with Gasteiger partial charge in [0.1, 0.15) is 24.0 Å². The second-order valence-corrected chi connectivity index (χ2v) is 9.28. The van der Waals surface area contributed by atoms with Gasteiger partial charge in [-0.1, -0.05) is 24.1 Å². The second-order valence-electron chi connectivity index (χ2n) is 6.15. The minimum absolute atomic E-state index is 0.0740. The van der Waals surface area contributed by atoms with Crippen LogP contribution in [0.2, 0.25) is 0 Å². The van der Waals surface area contributed by atoms with Crippen molar-refractivity contribution in [3.05, 3.63) is 30.3 Å². The average Bonchev–Trinajstić information content (AvgIpc) is 2.62. The lowest BCUT2D eigenvalue weighted by Crippen LogP contribution is -2.37. The largest absolute Gasteiger partial charge is 0.462 e. The topological polar surface area (TPSA) is 86.3 Å². The van der Waals surface area contributed by atoms with Crippen LogP contribution in [0.3, 0.4) is 0 Å². The van der Waals surface area contributed by atoms with Gasteiger partial charge >= 0.3 is 12.6 Å². The molecule has 4 atom stereocenters. The average molecular weight is 429 g/mol. The highest BCUT2D eigenvalue weighted by atomic mass is 32.5. The minimum Gasteiger partial charge on any atom is -0.462 e. The van der Waals surface area contributed by atoms with E-state index < -0.39 is 30.9 Å². The van der Waals surface area contributed by atoms with Crippen LogP contribution in [0.15, 0.2) is 30.3 Å². The number of rotatable bonds is 11. The lowest BCUT2D eigenvalue weighted by Gasteiger charge is -2.28. The number of ether oxygens (including phenoxy) is 2. The van der Waals surface area contributed by atoms with Crippen molar-refractivity contribution < 1.29 is 28.4 Å². The number of carbonyl (C=O) groups is 1. The van der Waals surface area contributed by atoms with Gasteiger partial charge in [-0.3, -0.25) is 4.79 Å². The van der Waals surface area contributed by atoms with E-state index in [1.54, 1.807) is 52.0 Å². The first kappa shape index (κ1) is 24.6. The molecule has 0 radical (unpaired) electrons. The van der Waals surface area contributed by atoms with E-state index in [4.69, 9.17) is 30.3 Å². The number of aliphatic hydroxyl groups excluding tert-OH is 1. The van der Waals surface area contributed by atoms with E-state index in [9.17, 15) is 9.90 Å².